The number of benzene rings is 2. The van der Waals surface area contributed by atoms with Gasteiger partial charge >= 0.3 is 0 Å². The van der Waals surface area contributed by atoms with E-state index < -0.39 is 0 Å². The number of thiophene rings is 1. The summed E-state index contributed by atoms with van der Waals surface area (Å²) in [5, 5.41) is 0. The Morgan fingerprint density at radius 2 is 1.60 bits per heavy atom. The van der Waals surface area contributed by atoms with Gasteiger partial charge in [-0.15, -0.1) is 11.3 Å². The highest BCUT2D eigenvalue weighted by molar-refractivity contribution is 7.19. The molecule has 0 bridgehead atoms. The highest BCUT2D eigenvalue weighted by atomic mass is 32.1. The molecule has 1 aliphatic carbocycles. The molecule has 2 nitrogen and oxygen atoms in total. The lowest BCUT2D eigenvalue weighted by atomic mass is 9.82. The molecule has 0 spiro atoms. The van der Waals surface area contributed by atoms with Crippen LogP contribution in [0.3, 0.4) is 0 Å². The van der Waals surface area contributed by atoms with Gasteiger partial charge in [0.1, 0.15) is 11.0 Å². The third-order valence-electron chi connectivity index (χ3n) is 5.38. The summed E-state index contributed by atoms with van der Waals surface area (Å²) in [5.41, 5.74) is 10.1. The van der Waals surface area contributed by atoms with E-state index in [-0.39, 0.29) is 5.41 Å². The molecule has 0 unspecified atom stereocenters. The van der Waals surface area contributed by atoms with Crippen molar-refractivity contribution in [3.05, 3.63) is 58.7 Å². The minimum absolute atomic E-state index is 0.0512. The van der Waals surface area contributed by atoms with Crippen LogP contribution in [0.5, 0.6) is 0 Å². The molecule has 5 rings (SSSR count). The Balaban J connectivity index is 1.76. The van der Waals surface area contributed by atoms with Gasteiger partial charge in [0.15, 0.2) is 0 Å². The Kier molecular flexibility index (Phi) is 3.04. The van der Waals surface area contributed by atoms with Crippen LogP contribution in [0, 0.1) is 13.8 Å². The molecule has 2 aromatic heterocycles. The smallest absolute Gasteiger partial charge is 0.113 e. The molecule has 0 aliphatic heterocycles. The average molecular weight is 363 g/mol. The Bertz CT molecular complexity index is 1150. The molecular formula is C21H18N2S2. The molecule has 0 atom stereocenters. The molecule has 2 heterocycles. The van der Waals surface area contributed by atoms with Crippen molar-refractivity contribution in [2.24, 2.45) is 0 Å². The lowest BCUT2D eigenvalue weighted by Crippen LogP contribution is -2.14. The Morgan fingerprint density at radius 3 is 2.44 bits per heavy atom. The maximum absolute atomic E-state index is 4.57. The Morgan fingerprint density at radius 1 is 0.840 bits per heavy atom. The van der Waals surface area contributed by atoms with Crippen LogP contribution in [0.15, 0.2) is 36.4 Å². The van der Waals surface area contributed by atoms with Gasteiger partial charge in [0.25, 0.3) is 0 Å². The molecule has 4 heteroatoms. The normalized spacial score (nSPS) is 14.7. The zero-order chi connectivity index (χ0) is 17.3. The summed E-state index contributed by atoms with van der Waals surface area (Å²) in [6.45, 7) is 8.95. The maximum atomic E-state index is 4.57. The second kappa shape index (κ2) is 4.99. The Hall–Kier alpha value is -2.04. The van der Waals surface area contributed by atoms with Crippen LogP contribution >= 0.6 is 23.1 Å². The fourth-order valence-electron chi connectivity index (χ4n) is 3.90. The van der Waals surface area contributed by atoms with Crippen molar-refractivity contribution in [2.45, 2.75) is 33.1 Å². The predicted octanol–water partition coefficient (Wildman–Crippen LogP) is 6.34. The second-order valence-corrected chi connectivity index (χ2v) is 9.00. The highest BCUT2D eigenvalue weighted by Crippen LogP contribution is 2.54. The molecule has 4 aromatic rings. The summed E-state index contributed by atoms with van der Waals surface area (Å²) in [5.74, 6) is 0. The summed E-state index contributed by atoms with van der Waals surface area (Å²) in [7, 11) is 0. The van der Waals surface area contributed by atoms with E-state index in [0.29, 0.717) is 0 Å². The largest absolute Gasteiger partial charge is 0.173 e. The SMILES string of the molecule is Cc1ccc2c(c1)C(C)(C)c1cc(-c3ccc(C)c4nsnc34)sc1-2. The fourth-order valence-corrected chi connectivity index (χ4v) is 5.90. The molecule has 2 aromatic carbocycles. The van der Waals surface area contributed by atoms with Crippen molar-refractivity contribution < 1.29 is 0 Å². The number of aromatic nitrogens is 2. The number of nitrogens with zero attached hydrogens (tertiary/aromatic N) is 2. The van der Waals surface area contributed by atoms with Crippen molar-refractivity contribution in [3.8, 4) is 20.9 Å². The zero-order valence-corrected chi connectivity index (χ0v) is 16.3. The molecule has 0 amide bonds. The predicted molar refractivity (Wildman–Crippen MR) is 108 cm³/mol. The summed E-state index contributed by atoms with van der Waals surface area (Å²) in [4.78, 5) is 2.70. The number of hydrogen-bond donors (Lipinski definition) is 0. The number of hydrogen-bond acceptors (Lipinski definition) is 4. The topological polar surface area (TPSA) is 25.8 Å². The highest BCUT2D eigenvalue weighted by Gasteiger charge is 2.37. The van der Waals surface area contributed by atoms with Gasteiger partial charge in [-0.25, -0.2) is 0 Å². The van der Waals surface area contributed by atoms with Crippen molar-refractivity contribution in [2.75, 3.05) is 0 Å². The standard InChI is InChI=1S/C21H18N2S2/c1-11-5-7-13-15(9-11)21(3,4)16-10-17(24-20(13)16)14-8-6-12(2)18-19(14)23-25-22-18/h5-10H,1-4H3. The van der Waals surface area contributed by atoms with Crippen LogP contribution in [0.1, 0.15) is 36.1 Å². The van der Waals surface area contributed by atoms with E-state index in [2.05, 4.69) is 72.8 Å². The molecule has 1 aliphatic rings. The molecule has 124 valence electrons. The third kappa shape index (κ3) is 2.01. The molecule has 0 saturated heterocycles. The van der Waals surface area contributed by atoms with Gasteiger partial charge in [0.05, 0.1) is 11.7 Å². The minimum atomic E-state index is 0.0512. The van der Waals surface area contributed by atoms with Gasteiger partial charge in [-0.05, 0) is 42.2 Å². The van der Waals surface area contributed by atoms with E-state index in [1.54, 1.807) is 0 Å². The molecule has 25 heavy (non-hydrogen) atoms. The number of aryl methyl sites for hydroxylation is 2. The van der Waals surface area contributed by atoms with Gasteiger partial charge in [0.2, 0.25) is 0 Å². The van der Waals surface area contributed by atoms with Crippen LogP contribution in [0.4, 0.5) is 0 Å². The first-order valence-electron chi connectivity index (χ1n) is 8.45. The second-order valence-electron chi connectivity index (χ2n) is 7.42. The summed E-state index contributed by atoms with van der Waals surface area (Å²) < 4.78 is 9.05. The maximum Gasteiger partial charge on any atom is 0.113 e. The third-order valence-corrected chi connectivity index (χ3v) is 7.11. The first kappa shape index (κ1) is 15.2. The first-order chi connectivity index (χ1) is 12.0. The van der Waals surface area contributed by atoms with E-state index in [0.717, 1.165) is 11.0 Å². The van der Waals surface area contributed by atoms with Crippen molar-refractivity contribution in [1.82, 2.24) is 8.75 Å². The first-order valence-corrected chi connectivity index (χ1v) is 9.99. The van der Waals surface area contributed by atoms with Crippen molar-refractivity contribution in [3.63, 3.8) is 0 Å². The van der Waals surface area contributed by atoms with Gasteiger partial charge in [0, 0.05) is 20.7 Å². The van der Waals surface area contributed by atoms with E-state index >= 15 is 0 Å². The minimum Gasteiger partial charge on any atom is -0.173 e. The van der Waals surface area contributed by atoms with Crippen LogP contribution in [-0.4, -0.2) is 8.75 Å². The number of rotatable bonds is 1. The molecule has 0 saturated carbocycles. The van der Waals surface area contributed by atoms with Crippen LogP contribution in [0.25, 0.3) is 31.9 Å². The van der Waals surface area contributed by atoms with Crippen LogP contribution in [-0.2, 0) is 5.41 Å². The lowest BCUT2D eigenvalue weighted by Gasteiger charge is -2.21. The number of fused-ring (bicyclic) bond motifs is 4. The molecular weight excluding hydrogens is 344 g/mol. The monoisotopic (exact) mass is 362 g/mol. The van der Waals surface area contributed by atoms with Gasteiger partial charge < -0.3 is 0 Å². The summed E-state index contributed by atoms with van der Waals surface area (Å²) in [6.07, 6.45) is 0. The summed E-state index contributed by atoms with van der Waals surface area (Å²) >= 11 is 3.19. The van der Waals surface area contributed by atoms with Gasteiger partial charge in [-0.1, -0.05) is 49.7 Å². The summed E-state index contributed by atoms with van der Waals surface area (Å²) in [6, 6.07) is 13.6. The molecule has 0 N–H and O–H groups in total. The van der Waals surface area contributed by atoms with Gasteiger partial charge in [-0.3, -0.25) is 0 Å². The average Bonchev–Trinajstić information content (AvgIpc) is 3.26. The van der Waals surface area contributed by atoms with E-state index in [1.807, 2.05) is 11.3 Å². The van der Waals surface area contributed by atoms with E-state index in [1.165, 1.54) is 54.9 Å². The van der Waals surface area contributed by atoms with E-state index in [9.17, 15) is 0 Å². The van der Waals surface area contributed by atoms with Crippen molar-refractivity contribution >= 4 is 34.1 Å². The van der Waals surface area contributed by atoms with Crippen molar-refractivity contribution in [1.29, 1.82) is 0 Å². The van der Waals surface area contributed by atoms with Crippen LogP contribution < -0.4 is 0 Å². The quantitative estimate of drug-likeness (QED) is 0.395. The van der Waals surface area contributed by atoms with E-state index in [4.69, 9.17) is 0 Å². The molecule has 0 fully saturated rings. The van der Waals surface area contributed by atoms with Crippen LogP contribution in [0.2, 0.25) is 0 Å². The molecule has 0 radical (unpaired) electrons. The zero-order valence-electron chi connectivity index (χ0n) is 14.7. The lowest BCUT2D eigenvalue weighted by molar-refractivity contribution is 0.661. The Labute approximate surface area is 155 Å². The fraction of sp³-hybridized carbons (Fsp3) is 0.238. The van der Waals surface area contributed by atoms with Gasteiger partial charge in [-0.2, -0.15) is 8.75 Å².